The van der Waals surface area contributed by atoms with Crippen LogP contribution in [0.25, 0.3) is 0 Å². The first-order valence-electron chi connectivity index (χ1n) is 19.1. The molecule has 1 heterocycles. The van der Waals surface area contributed by atoms with E-state index in [0.717, 1.165) is 18.4 Å². The van der Waals surface area contributed by atoms with Crippen LogP contribution in [0.1, 0.15) is 79.7 Å². The van der Waals surface area contributed by atoms with E-state index in [1.807, 2.05) is 71.9 Å². The summed E-state index contributed by atoms with van der Waals surface area (Å²) in [5.74, 6) is -2.47. The molecule has 0 radical (unpaired) electrons. The molecule has 1 aromatic rings. The highest BCUT2D eigenvalue weighted by Gasteiger charge is 2.43. The number of likely N-dealkylation sites (N-methyl/N-ethyl adjacent to an activating group) is 2. The molecule has 1 fully saturated rings. The van der Waals surface area contributed by atoms with Crippen LogP contribution in [0, 0.1) is 23.7 Å². The second-order valence-corrected chi connectivity index (χ2v) is 15.1. The highest BCUT2D eigenvalue weighted by atomic mass is 16.5. The lowest BCUT2D eigenvalue weighted by Crippen LogP contribution is -2.59. The fourth-order valence-electron chi connectivity index (χ4n) is 7.54. The second kappa shape index (κ2) is 22.0. The number of carbonyl (C=O) groups excluding carboxylic acids is 5. The van der Waals surface area contributed by atoms with Gasteiger partial charge in [-0.25, -0.2) is 4.79 Å². The third kappa shape index (κ3) is 12.2. The average molecular weight is 746 g/mol. The summed E-state index contributed by atoms with van der Waals surface area (Å²) < 4.78 is 16.9. The molecule has 0 spiro atoms. The van der Waals surface area contributed by atoms with Gasteiger partial charge in [-0.1, -0.05) is 85.2 Å². The molecule has 1 aromatic carbocycles. The van der Waals surface area contributed by atoms with Crippen LogP contribution >= 0.6 is 0 Å². The molecule has 0 unspecified atom stereocenters. The number of hydrogen-bond acceptors (Lipinski definition) is 9. The Kier molecular flexibility index (Phi) is 18.9. The normalized spacial score (nSPS) is 19.1. The highest BCUT2D eigenvalue weighted by molar-refractivity contribution is 5.90. The summed E-state index contributed by atoms with van der Waals surface area (Å²) in [6, 6.07) is 6.41. The van der Waals surface area contributed by atoms with Crippen molar-refractivity contribution < 1.29 is 38.2 Å². The molecule has 0 saturated carbocycles. The predicted molar refractivity (Wildman–Crippen MR) is 205 cm³/mol. The van der Waals surface area contributed by atoms with Crippen LogP contribution < -0.4 is 16.0 Å². The van der Waals surface area contributed by atoms with Crippen molar-refractivity contribution in [2.24, 2.45) is 23.7 Å². The molecule has 9 atom stereocenters. The lowest BCUT2D eigenvalue weighted by molar-refractivity contribution is -0.148. The van der Waals surface area contributed by atoms with E-state index in [9.17, 15) is 24.0 Å². The number of nitrogens with one attached hydrogen (secondary N) is 3. The number of methoxy groups -OCH3 is 3. The summed E-state index contributed by atoms with van der Waals surface area (Å²) in [6.07, 6.45) is 1.08. The first kappa shape index (κ1) is 45.6. The largest absolute Gasteiger partial charge is 0.467 e. The van der Waals surface area contributed by atoms with Gasteiger partial charge in [-0.05, 0) is 43.2 Å². The third-order valence-electron chi connectivity index (χ3n) is 10.8. The Labute approximate surface area is 317 Å². The van der Waals surface area contributed by atoms with Gasteiger partial charge in [-0.15, -0.1) is 0 Å². The van der Waals surface area contributed by atoms with Crippen molar-refractivity contribution in [3.05, 3.63) is 35.9 Å². The number of benzene rings is 1. The molecule has 1 aliphatic heterocycles. The molecule has 0 bridgehead atoms. The van der Waals surface area contributed by atoms with E-state index in [2.05, 4.69) is 16.0 Å². The van der Waals surface area contributed by atoms with Crippen molar-refractivity contribution in [3.63, 3.8) is 0 Å². The third-order valence-corrected chi connectivity index (χ3v) is 10.8. The van der Waals surface area contributed by atoms with Crippen LogP contribution in [0.2, 0.25) is 0 Å². The van der Waals surface area contributed by atoms with E-state index in [4.69, 9.17) is 14.2 Å². The van der Waals surface area contributed by atoms with Crippen LogP contribution in [0.3, 0.4) is 0 Å². The zero-order chi connectivity index (χ0) is 40.0. The quantitative estimate of drug-likeness (QED) is 0.161. The Morgan fingerprint density at radius 1 is 0.887 bits per heavy atom. The molecule has 13 nitrogen and oxygen atoms in total. The number of carbonyl (C=O) groups is 5. The van der Waals surface area contributed by atoms with E-state index in [-0.39, 0.29) is 60.3 Å². The van der Waals surface area contributed by atoms with E-state index in [1.54, 1.807) is 37.9 Å². The number of likely N-dealkylation sites (tertiary alicyclic amines) is 1. The smallest absolute Gasteiger partial charge is 0.328 e. The molecule has 0 aliphatic carbocycles. The molecule has 300 valence electrons. The van der Waals surface area contributed by atoms with Crippen LogP contribution in [0.5, 0.6) is 0 Å². The fourth-order valence-corrected chi connectivity index (χ4v) is 7.54. The maximum atomic E-state index is 14.2. The minimum absolute atomic E-state index is 0.00596. The zero-order valence-electron chi connectivity index (χ0n) is 34.1. The summed E-state index contributed by atoms with van der Waals surface area (Å²) in [5, 5.41) is 8.88. The second-order valence-electron chi connectivity index (χ2n) is 15.1. The predicted octanol–water partition coefficient (Wildman–Crippen LogP) is 3.19. The molecular weight excluding hydrogens is 678 g/mol. The van der Waals surface area contributed by atoms with Gasteiger partial charge in [-0.2, -0.15) is 0 Å². The maximum absolute atomic E-state index is 14.2. The van der Waals surface area contributed by atoms with Gasteiger partial charge in [0.2, 0.25) is 23.6 Å². The molecule has 0 aromatic heterocycles. The molecule has 3 N–H and O–H groups in total. The monoisotopic (exact) mass is 745 g/mol. The van der Waals surface area contributed by atoms with Crippen LogP contribution in [0.15, 0.2) is 30.3 Å². The number of ether oxygens (including phenoxy) is 3. The lowest BCUT2D eigenvalue weighted by Gasteiger charge is -2.41. The van der Waals surface area contributed by atoms with Crippen molar-refractivity contribution in [2.45, 2.75) is 123 Å². The molecule has 1 saturated heterocycles. The van der Waals surface area contributed by atoms with Crippen molar-refractivity contribution in [1.82, 2.24) is 25.8 Å². The minimum Gasteiger partial charge on any atom is -0.467 e. The number of rotatable bonds is 21. The number of esters is 1. The van der Waals surface area contributed by atoms with Gasteiger partial charge in [0.15, 0.2) is 0 Å². The van der Waals surface area contributed by atoms with E-state index in [0.29, 0.717) is 13.0 Å². The van der Waals surface area contributed by atoms with Gasteiger partial charge in [0.1, 0.15) is 12.1 Å². The van der Waals surface area contributed by atoms with Crippen molar-refractivity contribution >= 4 is 29.6 Å². The van der Waals surface area contributed by atoms with Crippen molar-refractivity contribution in [3.8, 4) is 0 Å². The Morgan fingerprint density at radius 3 is 2.02 bits per heavy atom. The number of hydrogen-bond donors (Lipinski definition) is 3. The average Bonchev–Trinajstić information content (AvgIpc) is 3.62. The summed E-state index contributed by atoms with van der Waals surface area (Å²) in [5.41, 5.74) is 0.875. The van der Waals surface area contributed by atoms with E-state index < -0.39 is 48.3 Å². The van der Waals surface area contributed by atoms with Crippen LogP contribution in [-0.2, 0) is 44.6 Å². The molecule has 4 amide bonds. The van der Waals surface area contributed by atoms with E-state index >= 15 is 0 Å². The van der Waals surface area contributed by atoms with Crippen molar-refractivity contribution in [2.75, 3.05) is 42.0 Å². The van der Waals surface area contributed by atoms with Gasteiger partial charge < -0.3 is 40.0 Å². The SMILES string of the molecule is CC[C@H](C)[C@@H]([C@@H](CC(=O)N1CCC[C@H]1[C@H](OC)[C@@H](C)C(=O)N[C@@H](Cc1ccccc1)C(=O)OC)OC)N(C)C(=O)[C@@H](NC(=O)[C@H](NC)C(C)C)C(C)C. The first-order chi connectivity index (χ1) is 25.1. The molecular formula is C40H67N5O8. The van der Waals surface area contributed by atoms with Gasteiger partial charge >= 0.3 is 5.97 Å². The number of amides is 4. The topological polar surface area (TPSA) is 156 Å². The van der Waals surface area contributed by atoms with Gasteiger partial charge in [0.05, 0.1) is 49.8 Å². The van der Waals surface area contributed by atoms with Crippen LogP contribution in [0.4, 0.5) is 0 Å². The maximum Gasteiger partial charge on any atom is 0.328 e. The van der Waals surface area contributed by atoms with Crippen molar-refractivity contribution in [1.29, 1.82) is 0 Å². The molecule has 13 heteroatoms. The van der Waals surface area contributed by atoms with Gasteiger partial charge in [0.25, 0.3) is 0 Å². The molecule has 1 aliphatic rings. The Hall–Kier alpha value is -3.55. The summed E-state index contributed by atoms with van der Waals surface area (Å²) in [4.78, 5) is 71.2. The Morgan fingerprint density at radius 2 is 1.51 bits per heavy atom. The first-order valence-corrected chi connectivity index (χ1v) is 19.1. The summed E-state index contributed by atoms with van der Waals surface area (Å²) in [6.45, 7) is 14.0. The fraction of sp³-hybridized carbons (Fsp3) is 0.725. The standard InChI is InChI=1S/C40H67N5O8/c1-13-26(6)35(44(9)39(49)34(25(4)5)43-38(48)33(41-8)24(2)3)31(51-10)23-32(46)45-21-17-20-30(45)36(52-11)27(7)37(47)42-29(40(50)53-12)22-28-18-15-14-16-19-28/h14-16,18-19,24-27,29-31,33-36,41H,13,17,20-23H2,1-12H3,(H,42,47)(H,43,48)/t26-,27+,29-,30-,31+,33+,34-,35-,36+/m0/s1. The minimum atomic E-state index is -0.889. The summed E-state index contributed by atoms with van der Waals surface area (Å²) in [7, 11) is 7.81. The summed E-state index contributed by atoms with van der Waals surface area (Å²) >= 11 is 0. The van der Waals surface area contributed by atoms with Crippen LogP contribution in [-0.4, -0.2) is 124 Å². The zero-order valence-corrected chi connectivity index (χ0v) is 34.1. The molecule has 2 rings (SSSR count). The number of nitrogens with zero attached hydrogens (tertiary/aromatic N) is 2. The Bertz CT molecular complexity index is 1330. The Balaban J connectivity index is 2.27. The van der Waals surface area contributed by atoms with Gasteiger partial charge in [-0.3, -0.25) is 19.2 Å². The lowest BCUT2D eigenvalue weighted by atomic mass is 9.89. The molecule has 53 heavy (non-hydrogen) atoms. The highest BCUT2D eigenvalue weighted by Crippen LogP contribution is 2.30. The van der Waals surface area contributed by atoms with Gasteiger partial charge in [0, 0.05) is 34.2 Å². The van der Waals surface area contributed by atoms with E-state index in [1.165, 1.54) is 14.2 Å².